The van der Waals surface area contributed by atoms with Crippen LogP contribution in [0.15, 0.2) is 48.5 Å². The lowest BCUT2D eigenvalue weighted by Gasteiger charge is -2.40. The van der Waals surface area contributed by atoms with Gasteiger partial charge in [0.2, 0.25) is 5.91 Å². The van der Waals surface area contributed by atoms with Crippen LogP contribution in [0.1, 0.15) is 24.8 Å². The molecule has 108 valence electrons. The van der Waals surface area contributed by atoms with E-state index in [-0.39, 0.29) is 11.6 Å². The van der Waals surface area contributed by atoms with Crippen molar-refractivity contribution in [1.29, 1.82) is 0 Å². The average Bonchev–Trinajstić information content (AvgIpc) is 2.43. The average molecular weight is 287 g/mol. The first-order chi connectivity index (χ1) is 10.1. The SMILES string of the molecule is O=C(Nc1cc(F)ccc1F)C1(c2ccccc2)CCC1. The highest BCUT2D eigenvalue weighted by Gasteiger charge is 2.45. The zero-order valence-electron chi connectivity index (χ0n) is 11.4. The van der Waals surface area contributed by atoms with E-state index < -0.39 is 17.0 Å². The van der Waals surface area contributed by atoms with E-state index in [4.69, 9.17) is 0 Å². The minimum Gasteiger partial charge on any atom is -0.323 e. The van der Waals surface area contributed by atoms with Gasteiger partial charge in [-0.05, 0) is 30.5 Å². The summed E-state index contributed by atoms with van der Waals surface area (Å²) in [5.41, 5.74) is 0.188. The van der Waals surface area contributed by atoms with Crippen molar-refractivity contribution in [2.45, 2.75) is 24.7 Å². The Labute approximate surface area is 121 Å². The van der Waals surface area contributed by atoms with Crippen LogP contribution in [0.4, 0.5) is 14.5 Å². The van der Waals surface area contributed by atoms with Gasteiger partial charge in [-0.1, -0.05) is 36.8 Å². The largest absolute Gasteiger partial charge is 0.323 e. The van der Waals surface area contributed by atoms with Gasteiger partial charge in [0.25, 0.3) is 0 Å². The molecule has 3 rings (SSSR count). The van der Waals surface area contributed by atoms with Crippen molar-refractivity contribution < 1.29 is 13.6 Å². The Bertz CT molecular complexity index is 666. The zero-order valence-corrected chi connectivity index (χ0v) is 11.4. The molecule has 0 bridgehead atoms. The second kappa shape index (κ2) is 5.28. The van der Waals surface area contributed by atoms with Gasteiger partial charge in [0.05, 0.1) is 11.1 Å². The van der Waals surface area contributed by atoms with Crippen LogP contribution in [0.25, 0.3) is 0 Å². The topological polar surface area (TPSA) is 29.1 Å². The zero-order chi connectivity index (χ0) is 14.9. The molecule has 21 heavy (non-hydrogen) atoms. The van der Waals surface area contributed by atoms with Gasteiger partial charge in [-0.2, -0.15) is 0 Å². The number of carbonyl (C=O) groups is 1. The predicted octanol–water partition coefficient (Wildman–Crippen LogP) is 4.03. The van der Waals surface area contributed by atoms with E-state index in [9.17, 15) is 13.6 Å². The summed E-state index contributed by atoms with van der Waals surface area (Å²) in [6.45, 7) is 0. The van der Waals surface area contributed by atoms with Gasteiger partial charge in [-0.3, -0.25) is 4.79 Å². The molecule has 0 unspecified atom stereocenters. The van der Waals surface area contributed by atoms with E-state index >= 15 is 0 Å². The third-order valence-electron chi connectivity index (χ3n) is 4.14. The molecule has 0 aliphatic heterocycles. The lowest BCUT2D eigenvalue weighted by atomic mass is 9.64. The third-order valence-corrected chi connectivity index (χ3v) is 4.14. The number of nitrogens with one attached hydrogen (secondary N) is 1. The summed E-state index contributed by atoms with van der Waals surface area (Å²) in [6, 6.07) is 12.5. The summed E-state index contributed by atoms with van der Waals surface area (Å²) in [4.78, 5) is 12.6. The molecule has 1 N–H and O–H groups in total. The number of rotatable bonds is 3. The van der Waals surface area contributed by atoms with E-state index in [0.717, 1.165) is 43.0 Å². The van der Waals surface area contributed by atoms with Gasteiger partial charge in [-0.15, -0.1) is 0 Å². The normalized spacial score (nSPS) is 16.1. The molecule has 1 fully saturated rings. The van der Waals surface area contributed by atoms with Crippen LogP contribution >= 0.6 is 0 Å². The summed E-state index contributed by atoms with van der Waals surface area (Å²) >= 11 is 0. The smallest absolute Gasteiger partial charge is 0.235 e. The van der Waals surface area contributed by atoms with Crippen molar-refractivity contribution >= 4 is 11.6 Å². The third kappa shape index (κ3) is 2.42. The van der Waals surface area contributed by atoms with Gasteiger partial charge < -0.3 is 5.32 Å². The van der Waals surface area contributed by atoms with Crippen molar-refractivity contribution in [3.63, 3.8) is 0 Å². The molecule has 1 aliphatic carbocycles. The van der Waals surface area contributed by atoms with E-state index in [1.54, 1.807) is 0 Å². The molecule has 4 heteroatoms. The number of carbonyl (C=O) groups excluding carboxylic acids is 1. The van der Waals surface area contributed by atoms with Crippen molar-refractivity contribution in [3.05, 3.63) is 65.7 Å². The molecular formula is C17H15F2NO. The maximum Gasteiger partial charge on any atom is 0.235 e. The first-order valence-electron chi connectivity index (χ1n) is 6.94. The minimum atomic E-state index is -0.632. The molecule has 1 saturated carbocycles. The Balaban J connectivity index is 1.89. The Morgan fingerprint density at radius 2 is 1.76 bits per heavy atom. The quantitative estimate of drug-likeness (QED) is 0.907. The molecular weight excluding hydrogens is 272 g/mol. The van der Waals surface area contributed by atoms with Crippen molar-refractivity contribution in [3.8, 4) is 0 Å². The van der Waals surface area contributed by atoms with Gasteiger partial charge in [0, 0.05) is 6.07 Å². The highest BCUT2D eigenvalue weighted by molar-refractivity contribution is 6.00. The molecule has 1 aliphatic rings. The fourth-order valence-electron chi connectivity index (χ4n) is 2.77. The van der Waals surface area contributed by atoms with Gasteiger partial charge >= 0.3 is 0 Å². The molecule has 2 aromatic carbocycles. The Kier molecular flexibility index (Phi) is 3.45. The second-order valence-electron chi connectivity index (χ2n) is 5.38. The lowest BCUT2D eigenvalue weighted by molar-refractivity contribution is -0.124. The predicted molar refractivity (Wildman–Crippen MR) is 77.0 cm³/mol. The number of benzene rings is 2. The van der Waals surface area contributed by atoms with E-state index in [2.05, 4.69) is 5.32 Å². The van der Waals surface area contributed by atoms with Crippen molar-refractivity contribution in [2.24, 2.45) is 0 Å². The van der Waals surface area contributed by atoms with Crippen LogP contribution in [-0.2, 0) is 10.2 Å². The van der Waals surface area contributed by atoms with Crippen LogP contribution < -0.4 is 5.32 Å². The van der Waals surface area contributed by atoms with Crippen LogP contribution in [-0.4, -0.2) is 5.91 Å². The van der Waals surface area contributed by atoms with Crippen molar-refractivity contribution in [2.75, 3.05) is 5.32 Å². The fraction of sp³-hybridized carbons (Fsp3) is 0.235. The highest BCUT2D eigenvalue weighted by atomic mass is 19.1. The van der Waals surface area contributed by atoms with Crippen LogP contribution in [0.5, 0.6) is 0 Å². The Morgan fingerprint density at radius 1 is 1.05 bits per heavy atom. The van der Waals surface area contributed by atoms with E-state index in [1.165, 1.54) is 0 Å². The van der Waals surface area contributed by atoms with E-state index in [1.807, 2.05) is 30.3 Å². The number of halogens is 2. The lowest BCUT2D eigenvalue weighted by Crippen LogP contribution is -2.46. The Morgan fingerprint density at radius 3 is 2.38 bits per heavy atom. The molecule has 0 spiro atoms. The fourth-order valence-corrected chi connectivity index (χ4v) is 2.77. The highest BCUT2D eigenvalue weighted by Crippen LogP contribution is 2.44. The van der Waals surface area contributed by atoms with Crippen LogP contribution in [0, 0.1) is 11.6 Å². The van der Waals surface area contributed by atoms with Crippen LogP contribution in [0.3, 0.4) is 0 Å². The first-order valence-corrected chi connectivity index (χ1v) is 6.94. The monoisotopic (exact) mass is 287 g/mol. The first kappa shape index (κ1) is 13.7. The van der Waals surface area contributed by atoms with Crippen LogP contribution in [0.2, 0.25) is 0 Å². The molecule has 0 atom stereocenters. The molecule has 0 radical (unpaired) electrons. The minimum absolute atomic E-state index is 0.109. The van der Waals surface area contributed by atoms with Gasteiger partial charge in [0.15, 0.2) is 0 Å². The number of hydrogen-bond donors (Lipinski definition) is 1. The second-order valence-corrected chi connectivity index (χ2v) is 5.38. The summed E-state index contributed by atoms with van der Waals surface area (Å²) in [6.07, 6.45) is 2.40. The van der Waals surface area contributed by atoms with Gasteiger partial charge in [0.1, 0.15) is 11.6 Å². The number of anilines is 1. The Hall–Kier alpha value is -2.23. The van der Waals surface area contributed by atoms with Crippen molar-refractivity contribution in [1.82, 2.24) is 0 Å². The molecule has 0 aromatic heterocycles. The number of hydrogen-bond acceptors (Lipinski definition) is 1. The molecule has 0 heterocycles. The van der Waals surface area contributed by atoms with E-state index in [0.29, 0.717) is 0 Å². The summed E-state index contributed by atoms with van der Waals surface area (Å²) in [7, 11) is 0. The molecule has 2 nitrogen and oxygen atoms in total. The summed E-state index contributed by atoms with van der Waals surface area (Å²) < 4.78 is 26.9. The number of amides is 1. The summed E-state index contributed by atoms with van der Waals surface area (Å²) in [5.74, 6) is -1.48. The summed E-state index contributed by atoms with van der Waals surface area (Å²) in [5, 5.41) is 2.54. The molecule has 2 aromatic rings. The van der Waals surface area contributed by atoms with Gasteiger partial charge in [-0.25, -0.2) is 8.78 Å². The standard InChI is InChI=1S/C17H15F2NO/c18-13-7-8-14(19)15(11-13)20-16(21)17(9-4-10-17)12-5-2-1-3-6-12/h1-3,5-8,11H,4,9-10H2,(H,20,21). The molecule has 1 amide bonds. The molecule has 0 saturated heterocycles. The maximum absolute atomic E-state index is 13.7. The maximum atomic E-state index is 13.7.